The Hall–Kier alpha value is -2.20. The Morgan fingerprint density at radius 2 is 1.47 bits per heavy atom. The van der Waals surface area contributed by atoms with Crippen molar-refractivity contribution in [3.05, 3.63) is 54.4 Å². The topological polar surface area (TPSA) is 44.2 Å². The lowest BCUT2D eigenvalue weighted by Gasteiger charge is -2.06. The zero-order valence-electron chi connectivity index (χ0n) is 20.2. The summed E-state index contributed by atoms with van der Waals surface area (Å²) in [6, 6.07) is 8.60. The molecule has 0 atom stereocenters. The molecule has 0 unspecified atom stereocenters. The van der Waals surface area contributed by atoms with Crippen LogP contribution in [0.25, 0.3) is 11.4 Å². The molecule has 0 radical (unpaired) electrons. The van der Waals surface area contributed by atoms with E-state index in [1.165, 1.54) is 50.5 Å². The Balaban J connectivity index is 1.64. The molecule has 0 saturated carbocycles. The number of ether oxygens (including phenoxy) is 2. The summed E-state index contributed by atoms with van der Waals surface area (Å²) in [4.78, 5) is 8.96. The summed E-state index contributed by atoms with van der Waals surface area (Å²) in [5.74, 6) is 1.47. The summed E-state index contributed by atoms with van der Waals surface area (Å²) in [5.41, 5.74) is 2.40. The van der Waals surface area contributed by atoms with Crippen LogP contribution in [-0.4, -0.2) is 29.8 Å². The van der Waals surface area contributed by atoms with Gasteiger partial charge >= 0.3 is 0 Å². The molecule has 176 valence electrons. The van der Waals surface area contributed by atoms with E-state index in [9.17, 15) is 0 Å². The highest BCUT2D eigenvalue weighted by Crippen LogP contribution is 2.18. The van der Waals surface area contributed by atoms with Gasteiger partial charge in [0.1, 0.15) is 0 Å². The van der Waals surface area contributed by atoms with Crippen LogP contribution in [0, 0.1) is 0 Å². The molecular formula is C28H42N2O2. The Labute approximate surface area is 195 Å². The minimum Gasteiger partial charge on any atom is -0.490 e. The van der Waals surface area contributed by atoms with Crippen molar-refractivity contribution in [3.8, 4) is 17.1 Å². The van der Waals surface area contributed by atoms with Crippen LogP contribution < -0.4 is 4.74 Å². The molecule has 0 spiro atoms. The maximum absolute atomic E-state index is 5.76. The largest absolute Gasteiger partial charge is 0.490 e. The first-order chi connectivity index (χ1) is 15.8. The van der Waals surface area contributed by atoms with E-state index in [0.29, 0.717) is 6.61 Å². The number of benzene rings is 1. The van der Waals surface area contributed by atoms with Crippen LogP contribution in [0.15, 0.2) is 48.8 Å². The Kier molecular flexibility index (Phi) is 14.1. The van der Waals surface area contributed by atoms with E-state index in [-0.39, 0.29) is 0 Å². The van der Waals surface area contributed by atoms with E-state index in [1.54, 1.807) is 12.4 Å². The molecule has 0 N–H and O–H groups in total. The molecule has 0 saturated heterocycles. The minimum atomic E-state index is 0.660. The van der Waals surface area contributed by atoms with Gasteiger partial charge in [0, 0.05) is 18.8 Å². The van der Waals surface area contributed by atoms with Crippen LogP contribution >= 0.6 is 0 Å². The Morgan fingerprint density at radius 3 is 2.22 bits per heavy atom. The number of unbranched alkanes of at least 4 members (excludes halogenated alkanes) is 6. The highest BCUT2D eigenvalue weighted by molar-refractivity contribution is 5.55. The first-order valence-corrected chi connectivity index (χ1v) is 12.6. The fourth-order valence-electron chi connectivity index (χ4n) is 3.49. The summed E-state index contributed by atoms with van der Waals surface area (Å²) in [7, 11) is 0. The zero-order valence-corrected chi connectivity index (χ0v) is 20.2. The quantitative estimate of drug-likeness (QED) is 0.178. The summed E-state index contributed by atoms with van der Waals surface area (Å²) >= 11 is 0. The maximum Gasteiger partial charge on any atom is 0.159 e. The highest BCUT2D eigenvalue weighted by atomic mass is 16.5. The van der Waals surface area contributed by atoms with Gasteiger partial charge in [0.2, 0.25) is 0 Å². The van der Waals surface area contributed by atoms with Gasteiger partial charge in [-0.05, 0) is 50.5 Å². The predicted octanol–water partition coefficient (Wildman–Crippen LogP) is 7.58. The average Bonchev–Trinajstić information content (AvgIpc) is 2.83. The van der Waals surface area contributed by atoms with Crippen molar-refractivity contribution in [3.63, 3.8) is 0 Å². The zero-order chi connectivity index (χ0) is 22.7. The van der Waals surface area contributed by atoms with E-state index < -0.39 is 0 Å². The first kappa shape index (κ1) is 26.1. The molecule has 0 aliphatic carbocycles. The van der Waals surface area contributed by atoms with Gasteiger partial charge in [-0.25, -0.2) is 9.97 Å². The second-order valence-corrected chi connectivity index (χ2v) is 8.32. The number of allylic oxidation sites excluding steroid dienone is 1. The molecule has 0 bridgehead atoms. The van der Waals surface area contributed by atoms with E-state index in [4.69, 9.17) is 9.47 Å². The smallest absolute Gasteiger partial charge is 0.159 e. The molecule has 2 aromatic rings. The van der Waals surface area contributed by atoms with Crippen molar-refractivity contribution in [1.29, 1.82) is 0 Å². The van der Waals surface area contributed by atoms with Crippen molar-refractivity contribution in [2.75, 3.05) is 19.8 Å². The van der Waals surface area contributed by atoms with Crippen molar-refractivity contribution in [2.45, 2.75) is 84.5 Å². The van der Waals surface area contributed by atoms with Gasteiger partial charge in [0.15, 0.2) is 11.6 Å². The van der Waals surface area contributed by atoms with Crippen molar-refractivity contribution in [1.82, 2.24) is 9.97 Å². The molecule has 1 aromatic heterocycles. The van der Waals surface area contributed by atoms with Gasteiger partial charge in [-0.3, -0.25) is 0 Å². The third kappa shape index (κ3) is 11.4. The van der Waals surface area contributed by atoms with Gasteiger partial charge in [-0.2, -0.15) is 0 Å². The monoisotopic (exact) mass is 438 g/mol. The van der Waals surface area contributed by atoms with Crippen LogP contribution in [0.5, 0.6) is 5.75 Å². The molecule has 1 aromatic carbocycles. The second kappa shape index (κ2) is 17.4. The molecule has 0 amide bonds. The van der Waals surface area contributed by atoms with E-state index in [1.807, 2.05) is 0 Å². The van der Waals surface area contributed by atoms with Crippen molar-refractivity contribution < 1.29 is 9.47 Å². The normalized spacial score (nSPS) is 11.3. The minimum absolute atomic E-state index is 0.660. The lowest BCUT2D eigenvalue weighted by Crippen LogP contribution is -1.98. The highest BCUT2D eigenvalue weighted by Gasteiger charge is 2.03. The fourth-order valence-corrected chi connectivity index (χ4v) is 3.49. The third-order valence-corrected chi connectivity index (χ3v) is 5.39. The van der Waals surface area contributed by atoms with Crippen molar-refractivity contribution >= 4 is 0 Å². The summed E-state index contributed by atoms with van der Waals surface area (Å²) in [5, 5.41) is 0. The predicted molar refractivity (Wildman–Crippen MR) is 134 cm³/mol. The van der Waals surface area contributed by atoms with E-state index in [2.05, 4.69) is 60.2 Å². The number of hydrogen-bond donors (Lipinski definition) is 0. The molecular weight excluding hydrogens is 396 g/mol. The number of nitrogens with zero attached hydrogens (tertiary/aromatic N) is 2. The lowest BCUT2D eigenvalue weighted by molar-refractivity contribution is 0.130. The molecule has 0 fully saturated rings. The lowest BCUT2D eigenvalue weighted by atomic mass is 10.0. The molecule has 0 aliphatic heterocycles. The molecule has 32 heavy (non-hydrogen) atoms. The van der Waals surface area contributed by atoms with Crippen LogP contribution in [-0.2, 0) is 11.2 Å². The average molecular weight is 439 g/mol. The number of aryl methyl sites for hydroxylation is 1. The summed E-state index contributed by atoms with van der Waals surface area (Å²) in [6.45, 7) is 6.82. The molecule has 4 heteroatoms. The third-order valence-electron chi connectivity index (χ3n) is 5.39. The van der Waals surface area contributed by atoms with Gasteiger partial charge in [0.25, 0.3) is 0 Å². The number of rotatable bonds is 18. The van der Waals surface area contributed by atoms with Crippen LogP contribution in [0.4, 0.5) is 0 Å². The summed E-state index contributed by atoms with van der Waals surface area (Å²) < 4.78 is 11.3. The fraction of sp³-hybridized carbons (Fsp3) is 0.571. The Morgan fingerprint density at radius 1 is 0.719 bits per heavy atom. The first-order valence-electron chi connectivity index (χ1n) is 12.6. The van der Waals surface area contributed by atoms with Crippen molar-refractivity contribution in [2.24, 2.45) is 0 Å². The maximum atomic E-state index is 5.76. The molecule has 4 nitrogen and oxygen atoms in total. The standard InChI is InChI=1S/C28H42N2O2/c1-3-5-6-7-8-9-10-14-22-32-27-23-29-28(30-24-27)26-18-16-25(17-19-26)15-12-11-13-21-31-20-4-2/h9-10,16-19,23-24H,3-8,11-15,20-22H2,1-2H3/b10-9-. The second-order valence-electron chi connectivity index (χ2n) is 8.32. The van der Waals surface area contributed by atoms with E-state index >= 15 is 0 Å². The van der Waals surface area contributed by atoms with Crippen LogP contribution in [0.2, 0.25) is 0 Å². The Bertz CT molecular complexity index is 726. The van der Waals surface area contributed by atoms with Crippen LogP contribution in [0.1, 0.15) is 83.6 Å². The van der Waals surface area contributed by atoms with Crippen LogP contribution in [0.3, 0.4) is 0 Å². The van der Waals surface area contributed by atoms with Gasteiger partial charge in [0.05, 0.1) is 19.0 Å². The molecule has 2 rings (SSSR count). The SMILES string of the molecule is CCCCCC/C=C\CCOc1cnc(-c2ccc(CCCCCOCCC)cc2)nc1. The van der Waals surface area contributed by atoms with Gasteiger partial charge < -0.3 is 9.47 Å². The number of aromatic nitrogens is 2. The number of hydrogen-bond acceptors (Lipinski definition) is 4. The summed E-state index contributed by atoms with van der Waals surface area (Å²) in [6.07, 6.45) is 21.1. The van der Waals surface area contributed by atoms with Gasteiger partial charge in [-0.1, -0.05) is 75.9 Å². The van der Waals surface area contributed by atoms with E-state index in [0.717, 1.165) is 56.0 Å². The molecule has 0 aliphatic rings. The molecule has 1 heterocycles. The van der Waals surface area contributed by atoms with Gasteiger partial charge in [-0.15, -0.1) is 0 Å².